The topological polar surface area (TPSA) is 43.8 Å². The van der Waals surface area contributed by atoms with Crippen molar-refractivity contribution in [1.29, 1.82) is 0 Å². The zero-order valence-corrected chi connectivity index (χ0v) is 11.3. The maximum Gasteiger partial charge on any atom is 0.123 e. The number of aryl methyl sites for hydroxylation is 3. The molecule has 0 bridgehead atoms. The summed E-state index contributed by atoms with van der Waals surface area (Å²) in [7, 11) is 0. The normalized spacial score (nSPS) is 11.1. The van der Waals surface area contributed by atoms with Gasteiger partial charge in [-0.2, -0.15) is 0 Å². The second-order valence-corrected chi connectivity index (χ2v) is 5.01. The quantitative estimate of drug-likeness (QED) is 0.741. The van der Waals surface area contributed by atoms with Crippen molar-refractivity contribution in [3.8, 4) is 0 Å². The minimum atomic E-state index is -0.185. The smallest absolute Gasteiger partial charge is 0.123 e. The van der Waals surface area contributed by atoms with Crippen molar-refractivity contribution in [1.82, 2.24) is 9.55 Å². The summed E-state index contributed by atoms with van der Waals surface area (Å²) in [5.74, 6) is -0.185. The Balaban J connectivity index is 1.83. The second-order valence-electron chi connectivity index (χ2n) is 5.01. The van der Waals surface area contributed by atoms with E-state index in [0.717, 1.165) is 40.8 Å². The van der Waals surface area contributed by atoms with E-state index >= 15 is 0 Å². The van der Waals surface area contributed by atoms with Crippen LogP contribution >= 0.6 is 0 Å². The van der Waals surface area contributed by atoms with Gasteiger partial charge < -0.3 is 10.3 Å². The molecule has 0 aliphatic heterocycles. The van der Waals surface area contributed by atoms with Gasteiger partial charge in [-0.3, -0.25) is 0 Å². The van der Waals surface area contributed by atoms with Gasteiger partial charge in [0.05, 0.1) is 17.4 Å². The fraction of sp³-hybridized carbons (Fsp3) is 0.188. The maximum absolute atomic E-state index is 13.1. The first-order valence-corrected chi connectivity index (χ1v) is 6.59. The molecule has 3 nitrogen and oxygen atoms in total. The average molecular weight is 269 g/mol. The van der Waals surface area contributed by atoms with Crippen LogP contribution in [0.5, 0.6) is 0 Å². The van der Waals surface area contributed by atoms with Gasteiger partial charge in [-0.05, 0) is 54.8 Å². The second kappa shape index (κ2) is 4.96. The number of benzene rings is 2. The Hall–Kier alpha value is -2.36. The van der Waals surface area contributed by atoms with Crippen molar-refractivity contribution in [2.24, 2.45) is 0 Å². The zero-order chi connectivity index (χ0) is 14.1. The molecular weight excluding hydrogens is 253 g/mol. The van der Waals surface area contributed by atoms with Crippen LogP contribution in [0.1, 0.15) is 11.1 Å². The van der Waals surface area contributed by atoms with Crippen molar-refractivity contribution in [3.63, 3.8) is 0 Å². The molecule has 2 N–H and O–H groups in total. The molecule has 0 atom stereocenters. The van der Waals surface area contributed by atoms with Crippen LogP contribution in [0.4, 0.5) is 10.1 Å². The van der Waals surface area contributed by atoms with Gasteiger partial charge in [-0.1, -0.05) is 6.07 Å². The van der Waals surface area contributed by atoms with Crippen LogP contribution in [0.15, 0.2) is 42.7 Å². The highest BCUT2D eigenvalue weighted by atomic mass is 19.1. The molecule has 0 radical (unpaired) electrons. The van der Waals surface area contributed by atoms with Crippen LogP contribution in [-0.4, -0.2) is 9.55 Å². The highest BCUT2D eigenvalue weighted by molar-refractivity contribution is 5.78. The Morgan fingerprint density at radius 3 is 2.85 bits per heavy atom. The molecule has 1 aromatic heterocycles. The number of rotatable bonds is 3. The molecule has 20 heavy (non-hydrogen) atoms. The molecule has 0 saturated carbocycles. The number of aromatic nitrogens is 2. The van der Waals surface area contributed by atoms with Gasteiger partial charge in [0, 0.05) is 12.2 Å². The number of imidazole rings is 1. The molecule has 0 amide bonds. The molecule has 2 aromatic carbocycles. The summed E-state index contributed by atoms with van der Waals surface area (Å²) in [4.78, 5) is 4.35. The van der Waals surface area contributed by atoms with Crippen molar-refractivity contribution >= 4 is 16.7 Å². The molecule has 0 unspecified atom stereocenters. The predicted molar refractivity (Wildman–Crippen MR) is 79.0 cm³/mol. The van der Waals surface area contributed by atoms with Crippen LogP contribution in [0.25, 0.3) is 11.0 Å². The number of nitrogens with zero attached hydrogens (tertiary/aromatic N) is 2. The Kier molecular flexibility index (Phi) is 3.14. The van der Waals surface area contributed by atoms with E-state index in [9.17, 15) is 4.39 Å². The average Bonchev–Trinajstić information content (AvgIpc) is 2.80. The first kappa shape index (κ1) is 12.7. The number of nitrogen functional groups attached to an aromatic ring is 1. The molecule has 1 heterocycles. The third kappa shape index (κ3) is 2.37. The van der Waals surface area contributed by atoms with Gasteiger partial charge in [-0.15, -0.1) is 0 Å². The Bertz CT molecular complexity index is 762. The molecule has 0 aliphatic carbocycles. The zero-order valence-electron chi connectivity index (χ0n) is 11.3. The molecule has 102 valence electrons. The number of anilines is 1. The third-order valence-electron chi connectivity index (χ3n) is 3.57. The predicted octanol–water partition coefficient (Wildman–Crippen LogP) is 3.31. The number of hydrogen-bond acceptors (Lipinski definition) is 2. The summed E-state index contributed by atoms with van der Waals surface area (Å²) < 4.78 is 15.2. The van der Waals surface area contributed by atoms with E-state index in [0.29, 0.717) is 0 Å². The lowest BCUT2D eigenvalue weighted by Crippen LogP contribution is -2.01. The van der Waals surface area contributed by atoms with E-state index in [1.54, 1.807) is 6.07 Å². The molecule has 0 spiro atoms. The van der Waals surface area contributed by atoms with E-state index in [2.05, 4.69) is 9.55 Å². The SMILES string of the molecule is Cc1cc(F)ccc1CCn1cnc2cc(N)ccc21. The molecule has 3 rings (SSSR count). The largest absolute Gasteiger partial charge is 0.399 e. The minimum absolute atomic E-state index is 0.185. The van der Waals surface area contributed by atoms with E-state index < -0.39 is 0 Å². The lowest BCUT2D eigenvalue weighted by molar-refractivity contribution is 0.624. The fourth-order valence-corrected chi connectivity index (χ4v) is 2.44. The monoisotopic (exact) mass is 269 g/mol. The Labute approximate surface area is 116 Å². The Morgan fingerprint density at radius 2 is 2.05 bits per heavy atom. The maximum atomic E-state index is 13.1. The number of fused-ring (bicyclic) bond motifs is 1. The minimum Gasteiger partial charge on any atom is -0.399 e. The summed E-state index contributed by atoms with van der Waals surface area (Å²) in [5.41, 5.74) is 10.6. The first-order chi connectivity index (χ1) is 9.63. The highest BCUT2D eigenvalue weighted by Crippen LogP contribution is 2.17. The summed E-state index contributed by atoms with van der Waals surface area (Å²) in [6, 6.07) is 10.7. The van der Waals surface area contributed by atoms with E-state index in [1.165, 1.54) is 6.07 Å². The van der Waals surface area contributed by atoms with Crippen LogP contribution in [0, 0.1) is 12.7 Å². The van der Waals surface area contributed by atoms with Crippen molar-refractivity contribution in [3.05, 3.63) is 59.7 Å². The fourth-order valence-electron chi connectivity index (χ4n) is 2.44. The van der Waals surface area contributed by atoms with Gasteiger partial charge in [0.15, 0.2) is 0 Å². The number of halogens is 1. The van der Waals surface area contributed by atoms with Crippen LogP contribution < -0.4 is 5.73 Å². The van der Waals surface area contributed by atoms with Gasteiger partial charge in [0.1, 0.15) is 5.82 Å². The summed E-state index contributed by atoms with van der Waals surface area (Å²) in [6.07, 6.45) is 2.67. The first-order valence-electron chi connectivity index (χ1n) is 6.59. The van der Waals surface area contributed by atoms with Gasteiger partial charge in [0.2, 0.25) is 0 Å². The molecule has 0 saturated heterocycles. The summed E-state index contributed by atoms with van der Waals surface area (Å²) in [5, 5.41) is 0. The molecule has 0 fully saturated rings. The van der Waals surface area contributed by atoms with Crippen molar-refractivity contribution in [2.75, 3.05) is 5.73 Å². The third-order valence-corrected chi connectivity index (χ3v) is 3.57. The molecule has 4 heteroatoms. The van der Waals surface area contributed by atoms with Gasteiger partial charge in [0.25, 0.3) is 0 Å². The molecule has 0 aliphatic rings. The van der Waals surface area contributed by atoms with E-state index in [1.807, 2.05) is 37.5 Å². The highest BCUT2D eigenvalue weighted by Gasteiger charge is 2.05. The number of nitrogens with two attached hydrogens (primary N) is 1. The van der Waals surface area contributed by atoms with Gasteiger partial charge in [-0.25, -0.2) is 9.37 Å². The van der Waals surface area contributed by atoms with Crippen molar-refractivity contribution in [2.45, 2.75) is 19.9 Å². The summed E-state index contributed by atoms with van der Waals surface area (Å²) in [6.45, 7) is 2.75. The summed E-state index contributed by atoms with van der Waals surface area (Å²) >= 11 is 0. The molecule has 3 aromatic rings. The van der Waals surface area contributed by atoms with Gasteiger partial charge >= 0.3 is 0 Å². The van der Waals surface area contributed by atoms with E-state index in [4.69, 9.17) is 5.73 Å². The molecular formula is C16H16FN3. The van der Waals surface area contributed by atoms with Crippen molar-refractivity contribution < 1.29 is 4.39 Å². The lowest BCUT2D eigenvalue weighted by Gasteiger charge is -2.07. The van der Waals surface area contributed by atoms with E-state index in [-0.39, 0.29) is 5.82 Å². The lowest BCUT2D eigenvalue weighted by atomic mass is 10.1. The Morgan fingerprint density at radius 1 is 1.20 bits per heavy atom. The van der Waals surface area contributed by atoms with Crippen LogP contribution in [0.3, 0.4) is 0 Å². The van der Waals surface area contributed by atoms with Crippen LogP contribution in [-0.2, 0) is 13.0 Å². The standard InChI is InChI=1S/C16H16FN3/c1-11-8-13(17)3-2-12(11)6-7-20-10-19-15-9-14(18)4-5-16(15)20/h2-5,8-10H,6-7,18H2,1H3. The van der Waals surface area contributed by atoms with Crippen LogP contribution in [0.2, 0.25) is 0 Å². The number of hydrogen-bond donors (Lipinski definition) is 1.